The first-order valence-electron chi connectivity index (χ1n) is 6.85. The number of ether oxygens (including phenoxy) is 2. The number of hydrogen-bond donors (Lipinski definition) is 0. The third kappa shape index (κ3) is 4.21. The maximum atomic E-state index is 13.7. The van der Waals surface area contributed by atoms with Gasteiger partial charge in [-0.2, -0.15) is 5.26 Å². The Labute approximate surface area is 138 Å². The Morgan fingerprint density at radius 3 is 2.74 bits per heavy atom. The Bertz CT molecular complexity index is 751. The number of benzene rings is 2. The first-order valence-corrected chi connectivity index (χ1v) is 7.23. The molecule has 2 aromatic rings. The van der Waals surface area contributed by atoms with E-state index in [0.717, 1.165) is 0 Å². The van der Waals surface area contributed by atoms with Gasteiger partial charge in [-0.3, -0.25) is 4.79 Å². The summed E-state index contributed by atoms with van der Waals surface area (Å²) in [5.41, 5.74) is 0.455. The predicted octanol–water partition coefficient (Wildman–Crippen LogP) is 3.90. The van der Waals surface area contributed by atoms with Gasteiger partial charge >= 0.3 is 5.97 Å². The van der Waals surface area contributed by atoms with Crippen LogP contribution in [0.1, 0.15) is 18.1 Å². The van der Waals surface area contributed by atoms with Crippen LogP contribution in [-0.4, -0.2) is 12.6 Å². The molecular formula is C17H13ClFNO3. The molecule has 6 heteroatoms. The summed E-state index contributed by atoms with van der Waals surface area (Å²) in [6.45, 7) is 2.11. The zero-order valence-electron chi connectivity index (χ0n) is 12.3. The van der Waals surface area contributed by atoms with E-state index in [1.807, 2.05) is 6.07 Å². The van der Waals surface area contributed by atoms with E-state index in [1.54, 1.807) is 6.92 Å². The number of nitriles is 1. The predicted molar refractivity (Wildman–Crippen MR) is 83.1 cm³/mol. The molecule has 23 heavy (non-hydrogen) atoms. The van der Waals surface area contributed by atoms with E-state index in [4.69, 9.17) is 26.3 Å². The van der Waals surface area contributed by atoms with Crippen LogP contribution in [-0.2, 0) is 11.2 Å². The molecule has 0 unspecified atom stereocenters. The summed E-state index contributed by atoms with van der Waals surface area (Å²) < 4.78 is 24.3. The summed E-state index contributed by atoms with van der Waals surface area (Å²) in [4.78, 5) is 12.0. The lowest BCUT2D eigenvalue weighted by molar-refractivity contribution is -0.133. The van der Waals surface area contributed by atoms with Gasteiger partial charge in [0.25, 0.3) is 0 Å². The van der Waals surface area contributed by atoms with Gasteiger partial charge in [0.2, 0.25) is 0 Å². The largest absolute Gasteiger partial charge is 0.490 e. The van der Waals surface area contributed by atoms with Crippen LogP contribution < -0.4 is 9.47 Å². The van der Waals surface area contributed by atoms with Gasteiger partial charge in [-0.15, -0.1) is 0 Å². The van der Waals surface area contributed by atoms with Gasteiger partial charge in [0.05, 0.1) is 24.7 Å². The second-order valence-corrected chi connectivity index (χ2v) is 4.96. The Morgan fingerprint density at radius 2 is 2.09 bits per heavy atom. The third-order valence-electron chi connectivity index (χ3n) is 2.98. The van der Waals surface area contributed by atoms with Crippen LogP contribution in [0.4, 0.5) is 4.39 Å². The molecule has 0 aliphatic rings. The molecule has 0 aliphatic carbocycles. The van der Waals surface area contributed by atoms with Crippen molar-refractivity contribution in [3.8, 4) is 17.6 Å². The standard InChI is InChI=1S/C17H13ClFNO3/c1-2-22-16-8-11(10-20)6-7-15(16)23-17(21)9-12-13(18)4-3-5-14(12)19/h3-8H,2,9H2,1H3. The summed E-state index contributed by atoms with van der Waals surface area (Å²) in [5.74, 6) is -0.801. The van der Waals surface area contributed by atoms with Crippen LogP contribution in [0.25, 0.3) is 0 Å². The van der Waals surface area contributed by atoms with Gasteiger partial charge in [-0.25, -0.2) is 4.39 Å². The molecule has 118 valence electrons. The van der Waals surface area contributed by atoms with Gasteiger partial charge in [-0.1, -0.05) is 17.7 Å². The van der Waals surface area contributed by atoms with Crippen molar-refractivity contribution in [1.29, 1.82) is 5.26 Å². The molecule has 4 nitrogen and oxygen atoms in total. The number of esters is 1. The zero-order valence-corrected chi connectivity index (χ0v) is 13.1. The second kappa shape index (κ2) is 7.61. The van der Waals surface area contributed by atoms with E-state index >= 15 is 0 Å². The fourth-order valence-corrected chi connectivity index (χ4v) is 2.16. The first kappa shape index (κ1) is 16.8. The fraction of sp³-hybridized carbons (Fsp3) is 0.176. The number of carbonyl (C=O) groups is 1. The van der Waals surface area contributed by atoms with E-state index in [-0.39, 0.29) is 28.5 Å². The lowest BCUT2D eigenvalue weighted by Gasteiger charge is -2.11. The minimum absolute atomic E-state index is 0.0748. The van der Waals surface area contributed by atoms with Crippen LogP contribution in [0.3, 0.4) is 0 Å². The average Bonchev–Trinajstić information content (AvgIpc) is 2.53. The molecule has 0 heterocycles. The zero-order chi connectivity index (χ0) is 16.8. The molecule has 0 aliphatic heterocycles. The molecule has 0 radical (unpaired) electrons. The third-order valence-corrected chi connectivity index (χ3v) is 3.33. The molecule has 2 rings (SSSR count). The average molecular weight is 334 g/mol. The van der Waals surface area contributed by atoms with E-state index in [2.05, 4.69) is 0 Å². The Morgan fingerprint density at radius 1 is 1.30 bits per heavy atom. The second-order valence-electron chi connectivity index (χ2n) is 4.56. The molecule has 0 N–H and O–H groups in total. The van der Waals surface area contributed by atoms with E-state index in [9.17, 15) is 9.18 Å². The Balaban J connectivity index is 2.19. The van der Waals surface area contributed by atoms with E-state index in [0.29, 0.717) is 12.2 Å². The van der Waals surface area contributed by atoms with E-state index < -0.39 is 11.8 Å². The highest BCUT2D eigenvalue weighted by Gasteiger charge is 2.16. The number of hydrogen-bond acceptors (Lipinski definition) is 4. The highest BCUT2D eigenvalue weighted by Crippen LogP contribution is 2.29. The Kier molecular flexibility index (Phi) is 5.56. The lowest BCUT2D eigenvalue weighted by Crippen LogP contribution is -2.13. The number of nitrogens with zero attached hydrogens (tertiary/aromatic N) is 1. The number of rotatable bonds is 5. The summed E-state index contributed by atoms with van der Waals surface area (Å²) in [7, 11) is 0. The van der Waals surface area contributed by atoms with Gasteiger partial charge in [0.1, 0.15) is 5.82 Å². The molecule has 0 spiro atoms. The van der Waals surface area contributed by atoms with Crippen LogP contribution in [0, 0.1) is 17.1 Å². The van der Waals surface area contributed by atoms with Crippen LogP contribution in [0.2, 0.25) is 5.02 Å². The monoisotopic (exact) mass is 333 g/mol. The minimum atomic E-state index is -0.678. The number of carbonyl (C=O) groups excluding carboxylic acids is 1. The summed E-state index contributed by atoms with van der Waals surface area (Å²) in [6.07, 6.45) is -0.308. The smallest absolute Gasteiger partial charge is 0.315 e. The molecule has 0 atom stereocenters. The highest BCUT2D eigenvalue weighted by molar-refractivity contribution is 6.31. The number of halogens is 2. The molecule has 0 bridgehead atoms. The maximum Gasteiger partial charge on any atom is 0.315 e. The van der Waals surface area contributed by atoms with Crippen molar-refractivity contribution >= 4 is 17.6 Å². The van der Waals surface area contributed by atoms with Crippen LogP contribution in [0.5, 0.6) is 11.5 Å². The molecule has 2 aromatic carbocycles. The van der Waals surface area contributed by atoms with Crippen molar-refractivity contribution in [3.05, 3.63) is 58.4 Å². The molecule has 0 aromatic heterocycles. The summed E-state index contributed by atoms with van der Waals surface area (Å²) in [5, 5.41) is 9.05. The van der Waals surface area contributed by atoms with Crippen LogP contribution >= 0.6 is 11.6 Å². The van der Waals surface area contributed by atoms with Gasteiger partial charge in [0, 0.05) is 16.7 Å². The normalized spacial score (nSPS) is 10.0. The summed E-state index contributed by atoms with van der Waals surface area (Å²) >= 11 is 5.89. The molecule has 0 saturated carbocycles. The molecular weight excluding hydrogens is 321 g/mol. The molecule has 0 amide bonds. The van der Waals surface area contributed by atoms with Crippen molar-refractivity contribution in [3.63, 3.8) is 0 Å². The van der Waals surface area contributed by atoms with Crippen LogP contribution in [0.15, 0.2) is 36.4 Å². The van der Waals surface area contributed by atoms with Crippen molar-refractivity contribution in [2.75, 3.05) is 6.61 Å². The fourth-order valence-electron chi connectivity index (χ4n) is 1.93. The minimum Gasteiger partial charge on any atom is -0.490 e. The summed E-state index contributed by atoms with van der Waals surface area (Å²) in [6, 6.07) is 10.6. The van der Waals surface area contributed by atoms with E-state index in [1.165, 1.54) is 36.4 Å². The topological polar surface area (TPSA) is 59.3 Å². The van der Waals surface area contributed by atoms with Gasteiger partial charge < -0.3 is 9.47 Å². The maximum absolute atomic E-state index is 13.7. The first-order chi connectivity index (χ1) is 11.0. The Hall–Kier alpha value is -2.58. The molecule has 0 saturated heterocycles. The highest BCUT2D eigenvalue weighted by atomic mass is 35.5. The van der Waals surface area contributed by atoms with Gasteiger partial charge in [0.15, 0.2) is 11.5 Å². The van der Waals surface area contributed by atoms with Crippen molar-refractivity contribution < 1.29 is 18.7 Å². The van der Waals surface area contributed by atoms with Crippen molar-refractivity contribution in [1.82, 2.24) is 0 Å². The quantitative estimate of drug-likeness (QED) is 0.615. The van der Waals surface area contributed by atoms with Crippen molar-refractivity contribution in [2.45, 2.75) is 13.3 Å². The molecule has 0 fully saturated rings. The van der Waals surface area contributed by atoms with Gasteiger partial charge in [-0.05, 0) is 31.2 Å². The van der Waals surface area contributed by atoms with Crippen molar-refractivity contribution in [2.24, 2.45) is 0 Å². The lowest BCUT2D eigenvalue weighted by atomic mass is 10.1. The SMILES string of the molecule is CCOc1cc(C#N)ccc1OC(=O)Cc1c(F)cccc1Cl.